The van der Waals surface area contributed by atoms with Crippen LogP contribution >= 0.6 is 11.6 Å². The minimum absolute atomic E-state index is 0.0975. The van der Waals surface area contributed by atoms with Gasteiger partial charge in [0.25, 0.3) is 0 Å². The third kappa shape index (κ3) is 8.60. The fourth-order valence-corrected chi connectivity index (χ4v) is 2.09. The van der Waals surface area contributed by atoms with E-state index in [4.69, 9.17) is 21.1 Å². The Bertz CT molecular complexity index is 588. The van der Waals surface area contributed by atoms with E-state index in [2.05, 4.69) is 16.0 Å². The maximum absolute atomic E-state index is 11.9. The highest BCUT2D eigenvalue weighted by molar-refractivity contribution is 6.32. The number of halogens is 1. The zero-order chi connectivity index (χ0) is 18.9. The smallest absolute Gasteiger partial charge is 0.321 e. The molecule has 0 fully saturated rings. The number of hydrogen-bond acceptors (Lipinski definition) is 5. The zero-order valence-electron chi connectivity index (χ0n) is 15.1. The lowest BCUT2D eigenvalue weighted by Gasteiger charge is -2.20. The number of rotatable bonds is 8. The molecule has 0 unspecified atom stereocenters. The number of carbonyl (C=O) groups excluding carboxylic acids is 2. The third-order valence-electron chi connectivity index (χ3n) is 2.83. The molecule has 0 aliphatic heterocycles. The van der Waals surface area contributed by atoms with Crippen molar-refractivity contribution in [3.05, 3.63) is 23.2 Å². The Hall–Kier alpha value is -1.99. The van der Waals surface area contributed by atoms with Crippen molar-refractivity contribution in [1.29, 1.82) is 0 Å². The van der Waals surface area contributed by atoms with Crippen LogP contribution in [-0.2, 0) is 9.53 Å². The van der Waals surface area contributed by atoms with Crippen LogP contribution in [0.2, 0.25) is 5.02 Å². The van der Waals surface area contributed by atoms with Crippen molar-refractivity contribution in [2.24, 2.45) is 0 Å². The molecule has 1 rings (SSSR count). The number of para-hydroxylation sites is 1. The molecule has 0 spiro atoms. The minimum atomic E-state index is -0.543. The van der Waals surface area contributed by atoms with E-state index in [0.29, 0.717) is 36.3 Å². The van der Waals surface area contributed by atoms with E-state index >= 15 is 0 Å². The summed E-state index contributed by atoms with van der Waals surface area (Å²) >= 11 is 6.14. The van der Waals surface area contributed by atoms with Crippen LogP contribution in [0.1, 0.15) is 27.7 Å². The van der Waals surface area contributed by atoms with Gasteiger partial charge in [-0.05, 0) is 39.8 Å². The molecule has 0 aliphatic carbocycles. The Morgan fingerprint density at radius 3 is 2.56 bits per heavy atom. The first-order valence-corrected chi connectivity index (χ1v) is 8.45. The van der Waals surface area contributed by atoms with Crippen molar-refractivity contribution in [3.8, 4) is 5.75 Å². The zero-order valence-corrected chi connectivity index (χ0v) is 15.8. The SMILES string of the molecule is CCOCCOc1c(Cl)cccc1NCC(=O)NC(=O)NC(C)(C)C. The number of carbonyl (C=O) groups is 2. The second-order valence-corrected chi connectivity index (χ2v) is 6.67. The van der Waals surface area contributed by atoms with Gasteiger partial charge >= 0.3 is 6.03 Å². The van der Waals surface area contributed by atoms with Gasteiger partial charge < -0.3 is 20.1 Å². The lowest BCUT2D eigenvalue weighted by Crippen LogP contribution is -2.49. The van der Waals surface area contributed by atoms with E-state index in [1.807, 2.05) is 27.7 Å². The first-order valence-electron chi connectivity index (χ1n) is 8.08. The molecule has 8 heteroatoms. The normalized spacial score (nSPS) is 10.9. The van der Waals surface area contributed by atoms with E-state index < -0.39 is 17.5 Å². The summed E-state index contributed by atoms with van der Waals surface area (Å²) in [6.07, 6.45) is 0. The van der Waals surface area contributed by atoms with Gasteiger partial charge in [-0.25, -0.2) is 4.79 Å². The van der Waals surface area contributed by atoms with Crippen LogP contribution in [0.3, 0.4) is 0 Å². The van der Waals surface area contributed by atoms with Crippen LogP contribution in [0.25, 0.3) is 0 Å². The van der Waals surface area contributed by atoms with Gasteiger partial charge in [0.2, 0.25) is 5.91 Å². The summed E-state index contributed by atoms with van der Waals surface area (Å²) in [6.45, 7) is 8.67. The second kappa shape index (κ2) is 10.1. The Labute approximate surface area is 153 Å². The van der Waals surface area contributed by atoms with Crippen LogP contribution in [0, 0.1) is 0 Å². The summed E-state index contributed by atoms with van der Waals surface area (Å²) < 4.78 is 10.8. The van der Waals surface area contributed by atoms with Crippen molar-refractivity contribution in [3.63, 3.8) is 0 Å². The number of nitrogens with one attached hydrogen (secondary N) is 3. The third-order valence-corrected chi connectivity index (χ3v) is 3.12. The number of anilines is 1. The Kier molecular flexibility index (Phi) is 8.51. The highest BCUT2D eigenvalue weighted by Crippen LogP contribution is 2.32. The second-order valence-electron chi connectivity index (χ2n) is 6.27. The van der Waals surface area contributed by atoms with Crippen molar-refractivity contribution in [1.82, 2.24) is 10.6 Å². The molecule has 0 bridgehead atoms. The van der Waals surface area contributed by atoms with Crippen LogP contribution < -0.4 is 20.7 Å². The highest BCUT2D eigenvalue weighted by atomic mass is 35.5. The maximum atomic E-state index is 11.9. The van der Waals surface area contributed by atoms with E-state index in [0.717, 1.165) is 0 Å². The lowest BCUT2D eigenvalue weighted by molar-refractivity contribution is -0.118. The lowest BCUT2D eigenvalue weighted by atomic mass is 10.1. The number of imide groups is 1. The van der Waals surface area contributed by atoms with E-state index in [-0.39, 0.29) is 6.54 Å². The molecule has 7 nitrogen and oxygen atoms in total. The van der Waals surface area contributed by atoms with Gasteiger partial charge in [0.15, 0.2) is 5.75 Å². The molecular formula is C17H26ClN3O4. The Morgan fingerprint density at radius 1 is 1.20 bits per heavy atom. The summed E-state index contributed by atoms with van der Waals surface area (Å²) in [5.41, 5.74) is 0.141. The van der Waals surface area contributed by atoms with Gasteiger partial charge in [-0.15, -0.1) is 0 Å². The summed E-state index contributed by atoms with van der Waals surface area (Å²) in [6, 6.07) is 4.63. The quantitative estimate of drug-likeness (QED) is 0.611. The molecule has 1 aromatic carbocycles. The highest BCUT2D eigenvalue weighted by Gasteiger charge is 2.16. The first kappa shape index (κ1) is 21.1. The number of benzene rings is 1. The topological polar surface area (TPSA) is 88.7 Å². The van der Waals surface area contributed by atoms with Gasteiger partial charge in [0, 0.05) is 12.1 Å². The number of ether oxygens (including phenoxy) is 2. The molecule has 0 saturated heterocycles. The fourth-order valence-electron chi connectivity index (χ4n) is 1.86. The van der Waals surface area contributed by atoms with Gasteiger partial charge in [-0.1, -0.05) is 17.7 Å². The minimum Gasteiger partial charge on any atom is -0.487 e. The Balaban J connectivity index is 2.57. The first-order chi connectivity index (χ1) is 11.7. The summed E-state index contributed by atoms with van der Waals surface area (Å²) in [5, 5.41) is 8.25. The molecule has 0 aliphatic rings. The molecule has 0 radical (unpaired) electrons. The van der Waals surface area contributed by atoms with Crippen LogP contribution in [0.15, 0.2) is 18.2 Å². The van der Waals surface area contributed by atoms with Crippen molar-refractivity contribution in [2.75, 3.05) is 31.7 Å². The molecule has 0 aromatic heterocycles. The molecule has 3 amide bonds. The molecular weight excluding hydrogens is 346 g/mol. The van der Waals surface area contributed by atoms with Gasteiger partial charge in [-0.3, -0.25) is 10.1 Å². The van der Waals surface area contributed by atoms with Crippen LogP contribution in [0.5, 0.6) is 5.75 Å². The van der Waals surface area contributed by atoms with Crippen LogP contribution in [-0.4, -0.2) is 43.8 Å². The molecule has 1 aromatic rings. The van der Waals surface area contributed by atoms with Gasteiger partial charge in [0.05, 0.1) is 23.9 Å². The predicted octanol–water partition coefficient (Wildman–Crippen LogP) is 2.79. The van der Waals surface area contributed by atoms with E-state index in [1.54, 1.807) is 18.2 Å². The molecule has 0 atom stereocenters. The van der Waals surface area contributed by atoms with E-state index in [9.17, 15) is 9.59 Å². The van der Waals surface area contributed by atoms with Gasteiger partial charge in [0.1, 0.15) is 6.61 Å². The van der Waals surface area contributed by atoms with E-state index in [1.165, 1.54) is 0 Å². The average molecular weight is 372 g/mol. The Morgan fingerprint density at radius 2 is 1.92 bits per heavy atom. The summed E-state index contributed by atoms with van der Waals surface area (Å²) in [5.74, 6) is -0.0298. The maximum Gasteiger partial charge on any atom is 0.321 e. The molecule has 140 valence electrons. The van der Waals surface area contributed by atoms with Crippen molar-refractivity contribution >= 4 is 29.2 Å². The molecule has 25 heavy (non-hydrogen) atoms. The summed E-state index contributed by atoms with van der Waals surface area (Å²) in [4.78, 5) is 23.6. The van der Waals surface area contributed by atoms with Crippen LogP contribution in [0.4, 0.5) is 10.5 Å². The monoisotopic (exact) mass is 371 g/mol. The number of hydrogen-bond donors (Lipinski definition) is 3. The van der Waals surface area contributed by atoms with Gasteiger partial charge in [-0.2, -0.15) is 0 Å². The van der Waals surface area contributed by atoms with Crippen molar-refractivity contribution < 1.29 is 19.1 Å². The molecule has 0 heterocycles. The standard InChI is InChI=1S/C17H26ClN3O4/c1-5-24-9-10-25-15-12(18)7-6-8-13(15)19-11-14(22)20-16(23)21-17(2,3)4/h6-8,19H,5,9-11H2,1-4H3,(H2,20,21,22,23). The number of amides is 3. The fraction of sp³-hybridized carbons (Fsp3) is 0.529. The largest absolute Gasteiger partial charge is 0.487 e. The average Bonchev–Trinajstić information content (AvgIpc) is 2.49. The summed E-state index contributed by atoms with van der Waals surface area (Å²) in [7, 11) is 0. The molecule has 0 saturated carbocycles. The van der Waals surface area contributed by atoms with Crippen molar-refractivity contribution in [2.45, 2.75) is 33.2 Å². The predicted molar refractivity (Wildman–Crippen MR) is 98.4 cm³/mol. The molecule has 3 N–H and O–H groups in total. The number of urea groups is 1.